The molecule has 1 aliphatic heterocycles. The molecule has 6 nitrogen and oxygen atoms in total. The van der Waals surface area contributed by atoms with Crippen molar-refractivity contribution in [3.05, 3.63) is 35.4 Å². The minimum Gasteiger partial charge on any atom is -0.344 e. The fourth-order valence-corrected chi connectivity index (χ4v) is 4.26. The van der Waals surface area contributed by atoms with Crippen molar-refractivity contribution in [2.24, 2.45) is 0 Å². The van der Waals surface area contributed by atoms with Crippen LogP contribution in [0.15, 0.2) is 24.3 Å². The minimum atomic E-state index is -3.09. The lowest BCUT2D eigenvalue weighted by atomic mass is 10.1. The molecule has 1 aromatic carbocycles. The van der Waals surface area contributed by atoms with Gasteiger partial charge in [0.25, 0.3) is 0 Å². The minimum absolute atomic E-state index is 0.0690. The van der Waals surface area contributed by atoms with Gasteiger partial charge in [-0.15, -0.1) is 0 Å². The van der Waals surface area contributed by atoms with Gasteiger partial charge >= 0.3 is 11.8 Å². The maximum atomic E-state index is 12.0. The molecule has 1 atom stereocenters. The number of rotatable bonds is 3. The third-order valence-corrected chi connectivity index (χ3v) is 5.56. The van der Waals surface area contributed by atoms with Crippen molar-refractivity contribution in [3.8, 4) is 0 Å². The standard InChI is InChI=1S/C15H20N2O4S/c1-11-4-3-5-12(8-11)9-16-14(18)15(19)17(2)13-6-7-22(20,21)10-13/h3-5,8,13H,6-7,9-10H2,1-2H3,(H,16,18). The zero-order valence-corrected chi connectivity index (χ0v) is 13.5. The van der Waals surface area contributed by atoms with Gasteiger partial charge in [0.2, 0.25) is 0 Å². The van der Waals surface area contributed by atoms with Crippen LogP contribution in [0.5, 0.6) is 0 Å². The molecule has 1 N–H and O–H groups in total. The van der Waals surface area contributed by atoms with Crippen molar-refractivity contribution >= 4 is 21.7 Å². The highest BCUT2D eigenvalue weighted by molar-refractivity contribution is 7.91. The monoisotopic (exact) mass is 324 g/mol. The number of amides is 2. The second kappa shape index (κ2) is 6.48. The molecule has 1 saturated heterocycles. The van der Waals surface area contributed by atoms with Crippen LogP contribution in [0.4, 0.5) is 0 Å². The first kappa shape index (κ1) is 16.5. The number of carbonyl (C=O) groups excluding carboxylic acids is 2. The molecule has 2 amide bonds. The summed E-state index contributed by atoms with van der Waals surface area (Å²) in [6.07, 6.45) is 0.385. The Hall–Kier alpha value is -1.89. The van der Waals surface area contributed by atoms with E-state index >= 15 is 0 Å². The van der Waals surface area contributed by atoms with E-state index in [0.29, 0.717) is 6.42 Å². The number of hydrogen-bond donors (Lipinski definition) is 1. The van der Waals surface area contributed by atoms with Crippen LogP contribution < -0.4 is 5.32 Å². The van der Waals surface area contributed by atoms with Crippen LogP contribution in [0.3, 0.4) is 0 Å². The van der Waals surface area contributed by atoms with Crippen LogP contribution in [0.1, 0.15) is 17.5 Å². The SMILES string of the molecule is Cc1cccc(CNC(=O)C(=O)N(C)C2CCS(=O)(=O)C2)c1. The number of likely N-dealkylation sites (N-methyl/N-ethyl adjacent to an activating group) is 1. The van der Waals surface area contributed by atoms with Crippen LogP contribution in [0.25, 0.3) is 0 Å². The van der Waals surface area contributed by atoms with E-state index in [1.54, 1.807) is 0 Å². The molecule has 1 aromatic rings. The molecular weight excluding hydrogens is 304 g/mol. The van der Waals surface area contributed by atoms with E-state index in [1.165, 1.54) is 11.9 Å². The van der Waals surface area contributed by atoms with Crippen molar-refractivity contribution in [2.45, 2.75) is 25.9 Å². The number of sulfone groups is 1. The molecule has 0 radical (unpaired) electrons. The highest BCUT2D eigenvalue weighted by Crippen LogP contribution is 2.16. The largest absolute Gasteiger partial charge is 0.344 e. The maximum Gasteiger partial charge on any atom is 0.311 e. The van der Waals surface area contributed by atoms with Gasteiger partial charge in [-0.05, 0) is 18.9 Å². The third kappa shape index (κ3) is 4.07. The number of aryl methyl sites for hydroxylation is 1. The van der Waals surface area contributed by atoms with Crippen LogP contribution in [-0.4, -0.2) is 49.7 Å². The fraction of sp³-hybridized carbons (Fsp3) is 0.467. The summed E-state index contributed by atoms with van der Waals surface area (Å²) < 4.78 is 22.9. The topological polar surface area (TPSA) is 83.6 Å². The molecule has 1 unspecified atom stereocenters. The molecule has 0 saturated carbocycles. The van der Waals surface area contributed by atoms with Crippen LogP contribution in [0, 0.1) is 6.92 Å². The molecule has 2 rings (SSSR count). The number of benzene rings is 1. The molecule has 0 aliphatic carbocycles. The lowest BCUT2D eigenvalue weighted by molar-refractivity contribution is -0.146. The summed E-state index contributed by atoms with van der Waals surface area (Å²) in [6, 6.07) is 7.21. The maximum absolute atomic E-state index is 12.0. The van der Waals surface area contributed by atoms with Crippen LogP contribution in [-0.2, 0) is 26.0 Å². The summed E-state index contributed by atoms with van der Waals surface area (Å²) in [6.45, 7) is 2.22. The van der Waals surface area contributed by atoms with Gasteiger partial charge in [0.1, 0.15) is 0 Å². The predicted molar refractivity (Wildman–Crippen MR) is 82.9 cm³/mol. The van der Waals surface area contributed by atoms with Gasteiger partial charge < -0.3 is 10.2 Å². The van der Waals surface area contributed by atoms with Crippen LogP contribution in [0.2, 0.25) is 0 Å². The summed E-state index contributed by atoms with van der Waals surface area (Å²) in [5, 5.41) is 2.57. The summed E-state index contributed by atoms with van der Waals surface area (Å²) in [5.41, 5.74) is 1.98. The molecule has 1 aliphatic rings. The molecule has 7 heteroatoms. The second-order valence-corrected chi connectivity index (χ2v) is 7.87. The Bertz CT molecular complexity index is 685. The number of carbonyl (C=O) groups is 2. The van der Waals surface area contributed by atoms with Gasteiger partial charge in [0, 0.05) is 19.6 Å². The van der Waals surface area contributed by atoms with Gasteiger partial charge in [-0.2, -0.15) is 0 Å². The lowest BCUT2D eigenvalue weighted by Crippen LogP contribution is -2.46. The lowest BCUT2D eigenvalue weighted by Gasteiger charge is -2.22. The van der Waals surface area contributed by atoms with Crippen LogP contribution >= 0.6 is 0 Å². The van der Waals surface area contributed by atoms with E-state index in [9.17, 15) is 18.0 Å². The Morgan fingerprint density at radius 1 is 1.36 bits per heavy atom. The Morgan fingerprint density at radius 2 is 2.09 bits per heavy atom. The van der Waals surface area contributed by atoms with Crippen molar-refractivity contribution in [1.29, 1.82) is 0 Å². The summed E-state index contributed by atoms with van der Waals surface area (Å²) in [7, 11) is -1.61. The first-order valence-corrected chi connectivity index (χ1v) is 8.91. The summed E-state index contributed by atoms with van der Waals surface area (Å²) in [4.78, 5) is 25.2. The van der Waals surface area contributed by atoms with Crippen molar-refractivity contribution in [2.75, 3.05) is 18.6 Å². The third-order valence-electron chi connectivity index (χ3n) is 3.81. The summed E-state index contributed by atoms with van der Waals surface area (Å²) in [5.74, 6) is -1.41. The normalized spacial score (nSPS) is 19.6. The first-order chi connectivity index (χ1) is 10.3. The van der Waals surface area contributed by atoms with E-state index in [-0.39, 0.29) is 18.1 Å². The van der Waals surface area contributed by atoms with Gasteiger partial charge in [0.05, 0.1) is 11.5 Å². The number of hydrogen-bond acceptors (Lipinski definition) is 4. The quantitative estimate of drug-likeness (QED) is 0.808. The number of nitrogens with one attached hydrogen (secondary N) is 1. The molecule has 0 spiro atoms. The molecule has 0 bridgehead atoms. The van der Waals surface area contributed by atoms with Crippen molar-refractivity contribution < 1.29 is 18.0 Å². The summed E-state index contributed by atoms with van der Waals surface area (Å²) >= 11 is 0. The van der Waals surface area contributed by atoms with Gasteiger partial charge in [-0.25, -0.2) is 8.42 Å². The molecule has 1 fully saturated rings. The first-order valence-electron chi connectivity index (χ1n) is 7.09. The Morgan fingerprint density at radius 3 is 2.68 bits per heavy atom. The smallest absolute Gasteiger partial charge is 0.311 e. The van der Waals surface area contributed by atoms with E-state index in [1.807, 2.05) is 31.2 Å². The molecule has 0 aromatic heterocycles. The van der Waals surface area contributed by atoms with Gasteiger partial charge in [0.15, 0.2) is 9.84 Å². The molecule has 1 heterocycles. The van der Waals surface area contributed by atoms with E-state index in [4.69, 9.17) is 0 Å². The zero-order chi connectivity index (χ0) is 16.3. The zero-order valence-electron chi connectivity index (χ0n) is 12.7. The fourth-order valence-electron chi connectivity index (χ4n) is 2.49. The van der Waals surface area contributed by atoms with Crippen molar-refractivity contribution in [1.82, 2.24) is 10.2 Å². The Kier molecular flexibility index (Phi) is 4.85. The average molecular weight is 324 g/mol. The number of nitrogens with zero attached hydrogens (tertiary/aromatic N) is 1. The highest BCUT2D eigenvalue weighted by Gasteiger charge is 2.34. The Labute approximate surface area is 130 Å². The molecular formula is C15H20N2O4S. The van der Waals surface area contributed by atoms with Gasteiger partial charge in [-0.3, -0.25) is 9.59 Å². The predicted octanol–water partition coefficient (Wildman–Crippen LogP) is 0.257. The van der Waals surface area contributed by atoms with E-state index in [2.05, 4.69) is 5.32 Å². The molecule has 120 valence electrons. The van der Waals surface area contributed by atoms with E-state index < -0.39 is 27.7 Å². The van der Waals surface area contributed by atoms with Crippen molar-refractivity contribution in [3.63, 3.8) is 0 Å². The highest BCUT2D eigenvalue weighted by atomic mass is 32.2. The van der Waals surface area contributed by atoms with Gasteiger partial charge in [-0.1, -0.05) is 29.8 Å². The Balaban J connectivity index is 1.90. The molecule has 22 heavy (non-hydrogen) atoms. The average Bonchev–Trinajstić information content (AvgIpc) is 2.83. The second-order valence-electron chi connectivity index (χ2n) is 5.64. The van der Waals surface area contributed by atoms with E-state index in [0.717, 1.165) is 11.1 Å².